The van der Waals surface area contributed by atoms with Crippen molar-refractivity contribution in [2.24, 2.45) is 5.73 Å². The second-order valence-corrected chi connectivity index (χ2v) is 6.21. The highest BCUT2D eigenvalue weighted by molar-refractivity contribution is 7.80. The van der Waals surface area contributed by atoms with Gasteiger partial charge in [-0.25, -0.2) is 0 Å². The summed E-state index contributed by atoms with van der Waals surface area (Å²) in [4.78, 5) is 2.91. The summed E-state index contributed by atoms with van der Waals surface area (Å²) in [6, 6.07) is 7.26. The van der Waals surface area contributed by atoms with Gasteiger partial charge in [-0.15, -0.1) is 0 Å². The molecule has 0 atom stereocenters. The molecule has 0 aliphatic rings. The molecule has 3 nitrogen and oxygen atoms in total. The maximum absolute atomic E-state index is 5.79. The topological polar surface area (TPSA) is 41.3 Å². The summed E-state index contributed by atoms with van der Waals surface area (Å²) in [5.74, 6) is 0. The lowest BCUT2D eigenvalue weighted by Crippen LogP contribution is -2.40. The van der Waals surface area contributed by atoms with E-state index in [-0.39, 0.29) is 0 Å². The summed E-state index contributed by atoms with van der Waals surface area (Å²) in [5.41, 5.74) is 8.92. The van der Waals surface area contributed by atoms with E-state index in [9.17, 15) is 0 Å². The molecule has 0 unspecified atom stereocenters. The van der Waals surface area contributed by atoms with Gasteiger partial charge >= 0.3 is 0 Å². The van der Waals surface area contributed by atoms with Crippen molar-refractivity contribution >= 4 is 22.9 Å². The molecule has 0 amide bonds. The molecule has 0 fully saturated rings. The highest BCUT2D eigenvalue weighted by Crippen LogP contribution is 2.17. The van der Waals surface area contributed by atoms with Crippen LogP contribution in [0.5, 0.6) is 0 Å². The number of nitrogens with zero attached hydrogens (tertiary/aromatic N) is 1. The van der Waals surface area contributed by atoms with Crippen LogP contribution in [0.25, 0.3) is 0 Å². The van der Waals surface area contributed by atoms with Crippen LogP contribution in [0.15, 0.2) is 18.2 Å². The van der Waals surface area contributed by atoms with Crippen molar-refractivity contribution in [2.45, 2.75) is 46.7 Å². The first kappa shape index (κ1) is 16.9. The molecule has 0 aliphatic carbocycles. The molecule has 112 valence electrons. The number of thiocarbonyl (C=S) groups is 1. The standard InChI is InChI=1S/C16H27N3S/c1-11(2)19(12(3)4)9-8-18-15-7-6-13(5)10-14(15)16(17)20/h6-7,10-12,18H,8-9H2,1-5H3,(H2,17,20). The van der Waals surface area contributed by atoms with Crippen molar-refractivity contribution in [3.05, 3.63) is 29.3 Å². The van der Waals surface area contributed by atoms with Crippen LogP contribution in [-0.2, 0) is 0 Å². The molecule has 0 aliphatic heterocycles. The summed E-state index contributed by atoms with van der Waals surface area (Å²) in [5, 5.41) is 3.45. The predicted octanol–water partition coefficient (Wildman–Crippen LogP) is 3.16. The van der Waals surface area contributed by atoms with Gasteiger partial charge in [-0.2, -0.15) is 0 Å². The maximum Gasteiger partial charge on any atom is 0.106 e. The van der Waals surface area contributed by atoms with Crippen LogP contribution in [0, 0.1) is 6.92 Å². The third-order valence-corrected chi connectivity index (χ3v) is 3.67. The number of nitrogens with two attached hydrogens (primary N) is 1. The van der Waals surface area contributed by atoms with E-state index in [4.69, 9.17) is 18.0 Å². The first-order valence-corrected chi connectivity index (χ1v) is 7.63. The average Bonchev–Trinajstić information content (AvgIpc) is 2.34. The molecule has 0 heterocycles. The third kappa shape index (κ3) is 4.76. The lowest BCUT2D eigenvalue weighted by Gasteiger charge is -2.30. The van der Waals surface area contributed by atoms with Gasteiger partial charge in [0.2, 0.25) is 0 Å². The number of rotatable bonds is 7. The number of benzene rings is 1. The molecular weight excluding hydrogens is 266 g/mol. The highest BCUT2D eigenvalue weighted by Gasteiger charge is 2.13. The average molecular weight is 293 g/mol. The Morgan fingerprint density at radius 2 is 1.85 bits per heavy atom. The van der Waals surface area contributed by atoms with Gasteiger partial charge in [0.25, 0.3) is 0 Å². The zero-order valence-electron chi connectivity index (χ0n) is 13.2. The molecule has 4 heteroatoms. The lowest BCUT2D eigenvalue weighted by atomic mass is 10.1. The van der Waals surface area contributed by atoms with Crippen molar-refractivity contribution in [1.82, 2.24) is 4.90 Å². The van der Waals surface area contributed by atoms with E-state index < -0.39 is 0 Å². The van der Waals surface area contributed by atoms with E-state index in [0.29, 0.717) is 17.1 Å². The molecule has 1 aromatic carbocycles. The Kier molecular flexibility index (Phi) is 6.43. The van der Waals surface area contributed by atoms with Crippen LogP contribution in [0.1, 0.15) is 38.8 Å². The van der Waals surface area contributed by atoms with Crippen LogP contribution in [0.3, 0.4) is 0 Å². The maximum atomic E-state index is 5.79. The minimum Gasteiger partial charge on any atom is -0.389 e. The highest BCUT2D eigenvalue weighted by atomic mass is 32.1. The van der Waals surface area contributed by atoms with E-state index in [1.54, 1.807) is 0 Å². The Labute approximate surface area is 128 Å². The van der Waals surface area contributed by atoms with Gasteiger partial charge < -0.3 is 11.1 Å². The van der Waals surface area contributed by atoms with Gasteiger partial charge in [0.15, 0.2) is 0 Å². The van der Waals surface area contributed by atoms with Crippen molar-refractivity contribution in [1.29, 1.82) is 0 Å². The van der Waals surface area contributed by atoms with Crippen LogP contribution >= 0.6 is 12.2 Å². The summed E-state index contributed by atoms with van der Waals surface area (Å²) < 4.78 is 0. The lowest BCUT2D eigenvalue weighted by molar-refractivity contribution is 0.182. The molecule has 1 aromatic rings. The molecule has 0 radical (unpaired) electrons. The van der Waals surface area contributed by atoms with E-state index in [1.807, 2.05) is 13.0 Å². The van der Waals surface area contributed by atoms with Gasteiger partial charge in [0, 0.05) is 36.4 Å². The first-order chi connectivity index (χ1) is 9.32. The Bertz CT molecular complexity index is 447. The van der Waals surface area contributed by atoms with Gasteiger partial charge in [-0.3, -0.25) is 4.90 Å². The molecule has 0 aromatic heterocycles. The van der Waals surface area contributed by atoms with Crippen LogP contribution in [0.2, 0.25) is 0 Å². The second kappa shape index (κ2) is 7.60. The number of aryl methyl sites for hydroxylation is 1. The van der Waals surface area contributed by atoms with Gasteiger partial charge in [-0.1, -0.05) is 23.8 Å². The molecule has 0 bridgehead atoms. The molecule has 1 rings (SSSR count). The second-order valence-electron chi connectivity index (χ2n) is 5.77. The minimum atomic E-state index is 0.445. The normalized spacial score (nSPS) is 11.4. The molecule has 20 heavy (non-hydrogen) atoms. The van der Waals surface area contributed by atoms with Crippen LogP contribution in [-0.4, -0.2) is 35.1 Å². The van der Waals surface area contributed by atoms with E-state index >= 15 is 0 Å². The first-order valence-electron chi connectivity index (χ1n) is 7.23. The van der Waals surface area contributed by atoms with Crippen molar-refractivity contribution in [3.63, 3.8) is 0 Å². The Hall–Kier alpha value is -1.13. The molecule has 0 saturated carbocycles. The number of nitrogens with one attached hydrogen (secondary N) is 1. The molecule has 3 N–H and O–H groups in total. The van der Waals surface area contributed by atoms with Crippen LogP contribution in [0.4, 0.5) is 5.69 Å². The predicted molar refractivity (Wildman–Crippen MR) is 92.5 cm³/mol. The quantitative estimate of drug-likeness (QED) is 0.758. The van der Waals surface area contributed by atoms with Crippen molar-refractivity contribution in [3.8, 4) is 0 Å². The van der Waals surface area contributed by atoms with Crippen molar-refractivity contribution < 1.29 is 0 Å². The SMILES string of the molecule is Cc1ccc(NCCN(C(C)C)C(C)C)c(C(N)=S)c1. The molecule has 0 saturated heterocycles. The number of anilines is 1. The summed E-state index contributed by atoms with van der Waals surface area (Å²) in [6.45, 7) is 12.8. The molecule has 0 spiro atoms. The minimum absolute atomic E-state index is 0.445. The number of hydrogen-bond acceptors (Lipinski definition) is 3. The number of hydrogen-bond donors (Lipinski definition) is 2. The Balaban J connectivity index is 2.68. The van der Waals surface area contributed by atoms with Crippen molar-refractivity contribution in [2.75, 3.05) is 18.4 Å². The fourth-order valence-corrected chi connectivity index (χ4v) is 2.62. The Morgan fingerprint density at radius 1 is 1.25 bits per heavy atom. The third-order valence-electron chi connectivity index (χ3n) is 3.45. The summed E-state index contributed by atoms with van der Waals surface area (Å²) in [7, 11) is 0. The van der Waals surface area contributed by atoms with E-state index in [0.717, 1.165) is 24.3 Å². The zero-order chi connectivity index (χ0) is 15.3. The largest absolute Gasteiger partial charge is 0.389 e. The van der Waals surface area contributed by atoms with Gasteiger partial charge in [-0.05, 0) is 46.8 Å². The van der Waals surface area contributed by atoms with Gasteiger partial charge in [0.1, 0.15) is 4.99 Å². The van der Waals surface area contributed by atoms with Gasteiger partial charge in [0.05, 0.1) is 0 Å². The fourth-order valence-electron chi connectivity index (χ4n) is 2.45. The molecular formula is C16H27N3S. The summed E-state index contributed by atoms with van der Waals surface area (Å²) >= 11 is 5.12. The summed E-state index contributed by atoms with van der Waals surface area (Å²) in [6.07, 6.45) is 0. The van der Waals surface area contributed by atoms with E-state index in [2.05, 4.69) is 50.0 Å². The fraction of sp³-hybridized carbons (Fsp3) is 0.562. The zero-order valence-corrected chi connectivity index (χ0v) is 14.1. The van der Waals surface area contributed by atoms with E-state index in [1.165, 1.54) is 5.56 Å². The monoisotopic (exact) mass is 293 g/mol. The Morgan fingerprint density at radius 3 is 2.35 bits per heavy atom. The smallest absolute Gasteiger partial charge is 0.106 e. The van der Waals surface area contributed by atoms with Crippen LogP contribution < -0.4 is 11.1 Å².